The summed E-state index contributed by atoms with van der Waals surface area (Å²) in [5.74, 6) is 0.798. The van der Waals surface area contributed by atoms with Gasteiger partial charge in [-0.2, -0.15) is 0 Å². The molecule has 1 unspecified atom stereocenters. The number of hydrogen-bond donors (Lipinski definition) is 2. The minimum atomic E-state index is 0.342. The molecule has 0 aromatic heterocycles. The van der Waals surface area contributed by atoms with Crippen molar-refractivity contribution >= 4 is 0 Å². The van der Waals surface area contributed by atoms with E-state index in [9.17, 15) is 0 Å². The largest absolute Gasteiger partial charge is 0.396 e. The standard InChI is InChI=1S/C12H25NO2/c14-9-4-2-1-3-7-13-8-5-12-6-10-15-11-12/h12-14H,1-11H2. The Morgan fingerprint density at radius 3 is 2.73 bits per heavy atom. The van der Waals surface area contributed by atoms with Crippen LogP contribution in [-0.4, -0.2) is 38.0 Å². The molecular formula is C12H25NO2. The molecule has 0 radical (unpaired) electrons. The third-order valence-electron chi connectivity index (χ3n) is 3.02. The summed E-state index contributed by atoms with van der Waals surface area (Å²) in [7, 11) is 0. The fraction of sp³-hybridized carbons (Fsp3) is 1.00. The van der Waals surface area contributed by atoms with Gasteiger partial charge < -0.3 is 15.2 Å². The Morgan fingerprint density at radius 2 is 2.00 bits per heavy atom. The van der Waals surface area contributed by atoms with Crippen molar-refractivity contribution in [2.24, 2.45) is 5.92 Å². The number of rotatable bonds is 9. The molecule has 1 fully saturated rings. The molecule has 1 aliphatic heterocycles. The molecule has 1 heterocycles. The third kappa shape index (κ3) is 6.88. The highest BCUT2D eigenvalue weighted by Gasteiger charge is 2.14. The Labute approximate surface area is 93.2 Å². The summed E-state index contributed by atoms with van der Waals surface area (Å²) in [6, 6.07) is 0. The lowest BCUT2D eigenvalue weighted by Crippen LogP contribution is -2.19. The first-order valence-corrected chi connectivity index (χ1v) is 6.33. The minimum Gasteiger partial charge on any atom is -0.396 e. The van der Waals surface area contributed by atoms with E-state index in [4.69, 9.17) is 9.84 Å². The molecule has 1 rings (SSSR count). The van der Waals surface area contributed by atoms with E-state index >= 15 is 0 Å². The van der Waals surface area contributed by atoms with E-state index in [1.54, 1.807) is 0 Å². The van der Waals surface area contributed by atoms with E-state index in [-0.39, 0.29) is 0 Å². The van der Waals surface area contributed by atoms with Crippen LogP contribution in [0.1, 0.15) is 38.5 Å². The Bertz CT molecular complexity index is 136. The number of nitrogens with one attached hydrogen (secondary N) is 1. The zero-order valence-corrected chi connectivity index (χ0v) is 9.71. The van der Waals surface area contributed by atoms with Gasteiger partial charge in [-0.25, -0.2) is 0 Å². The van der Waals surface area contributed by atoms with Crippen molar-refractivity contribution in [2.45, 2.75) is 38.5 Å². The van der Waals surface area contributed by atoms with E-state index in [0.717, 1.165) is 45.1 Å². The Hall–Kier alpha value is -0.120. The van der Waals surface area contributed by atoms with Gasteiger partial charge in [0.05, 0.1) is 0 Å². The van der Waals surface area contributed by atoms with Gasteiger partial charge in [-0.1, -0.05) is 12.8 Å². The number of hydrogen-bond acceptors (Lipinski definition) is 3. The van der Waals surface area contributed by atoms with Gasteiger partial charge in [-0.15, -0.1) is 0 Å². The monoisotopic (exact) mass is 215 g/mol. The molecule has 0 bridgehead atoms. The van der Waals surface area contributed by atoms with Gasteiger partial charge in [-0.3, -0.25) is 0 Å². The fourth-order valence-corrected chi connectivity index (χ4v) is 1.96. The summed E-state index contributed by atoms with van der Waals surface area (Å²) in [6.45, 7) is 4.53. The molecule has 3 heteroatoms. The zero-order valence-electron chi connectivity index (χ0n) is 9.71. The highest BCUT2D eigenvalue weighted by molar-refractivity contribution is 4.65. The molecule has 90 valence electrons. The molecule has 15 heavy (non-hydrogen) atoms. The molecular weight excluding hydrogens is 190 g/mol. The van der Waals surface area contributed by atoms with Crippen molar-refractivity contribution in [3.63, 3.8) is 0 Å². The summed E-state index contributed by atoms with van der Waals surface area (Å²) in [4.78, 5) is 0. The van der Waals surface area contributed by atoms with E-state index in [2.05, 4.69) is 5.32 Å². The maximum atomic E-state index is 8.60. The van der Waals surface area contributed by atoms with Gasteiger partial charge in [0.2, 0.25) is 0 Å². The molecule has 0 saturated carbocycles. The van der Waals surface area contributed by atoms with Gasteiger partial charge in [0.1, 0.15) is 0 Å². The molecule has 3 nitrogen and oxygen atoms in total. The highest BCUT2D eigenvalue weighted by Crippen LogP contribution is 2.15. The predicted octanol–water partition coefficient (Wildman–Crippen LogP) is 1.56. The van der Waals surface area contributed by atoms with Gasteiger partial charge in [0, 0.05) is 19.8 Å². The van der Waals surface area contributed by atoms with Crippen LogP contribution in [0, 0.1) is 5.92 Å². The van der Waals surface area contributed by atoms with Crippen LogP contribution in [0.3, 0.4) is 0 Å². The lowest BCUT2D eigenvalue weighted by Gasteiger charge is -2.08. The number of ether oxygens (including phenoxy) is 1. The lowest BCUT2D eigenvalue weighted by atomic mass is 10.1. The quantitative estimate of drug-likeness (QED) is 0.573. The number of aliphatic hydroxyl groups is 1. The average Bonchev–Trinajstić information content (AvgIpc) is 2.75. The van der Waals surface area contributed by atoms with Gasteiger partial charge in [-0.05, 0) is 44.7 Å². The summed E-state index contributed by atoms with van der Waals surface area (Å²) in [5, 5.41) is 12.1. The third-order valence-corrected chi connectivity index (χ3v) is 3.02. The normalized spacial score (nSPS) is 21.0. The van der Waals surface area contributed by atoms with Gasteiger partial charge >= 0.3 is 0 Å². The van der Waals surface area contributed by atoms with Crippen LogP contribution in [0.4, 0.5) is 0 Å². The van der Waals surface area contributed by atoms with E-state index < -0.39 is 0 Å². The second kappa shape index (κ2) is 9.13. The van der Waals surface area contributed by atoms with E-state index in [0.29, 0.717) is 6.61 Å². The highest BCUT2D eigenvalue weighted by atomic mass is 16.5. The SMILES string of the molecule is OCCCCCCNCCC1CCOC1. The van der Waals surface area contributed by atoms with Crippen molar-refractivity contribution in [1.82, 2.24) is 5.32 Å². The van der Waals surface area contributed by atoms with Crippen LogP contribution in [0.2, 0.25) is 0 Å². The summed E-state index contributed by atoms with van der Waals surface area (Å²) >= 11 is 0. The van der Waals surface area contributed by atoms with Crippen molar-refractivity contribution in [3.05, 3.63) is 0 Å². The molecule has 0 spiro atoms. The van der Waals surface area contributed by atoms with Crippen LogP contribution in [-0.2, 0) is 4.74 Å². The van der Waals surface area contributed by atoms with Crippen LogP contribution in [0.5, 0.6) is 0 Å². The van der Waals surface area contributed by atoms with Crippen LogP contribution < -0.4 is 5.32 Å². The Morgan fingerprint density at radius 1 is 1.13 bits per heavy atom. The molecule has 1 aliphatic rings. The van der Waals surface area contributed by atoms with Crippen molar-refractivity contribution in [2.75, 3.05) is 32.9 Å². The van der Waals surface area contributed by atoms with Gasteiger partial charge in [0.25, 0.3) is 0 Å². The summed E-state index contributed by atoms with van der Waals surface area (Å²) in [6.07, 6.45) is 7.10. The maximum Gasteiger partial charge on any atom is 0.0495 e. The molecule has 1 atom stereocenters. The molecule has 2 N–H and O–H groups in total. The first-order valence-electron chi connectivity index (χ1n) is 6.33. The average molecular weight is 215 g/mol. The Kier molecular flexibility index (Phi) is 7.88. The fourth-order valence-electron chi connectivity index (χ4n) is 1.96. The molecule has 0 aromatic rings. The molecule has 1 saturated heterocycles. The molecule has 0 aliphatic carbocycles. The first-order chi connectivity index (χ1) is 7.43. The first kappa shape index (κ1) is 12.9. The second-order valence-electron chi connectivity index (χ2n) is 4.41. The van der Waals surface area contributed by atoms with E-state index in [1.807, 2.05) is 0 Å². The minimum absolute atomic E-state index is 0.342. The molecule has 0 aromatic carbocycles. The van der Waals surface area contributed by atoms with Crippen LogP contribution in [0.15, 0.2) is 0 Å². The van der Waals surface area contributed by atoms with Crippen molar-refractivity contribution < 1.29 is 9.84 Å². The summed E-state index contributed by atoms with van der Waals surface area (Å²) in [5.41, 5.74) is 0. The maximum absolute atomic E-state index is 8.60. The van der Waals surface area contributed by atoms with Crippen molar-refractivity contribution in [1.29, 1.82) is 0 Å². The smallest absolute Gasteiger partial charge is 0.0495 e. The Balaban J connectivity index is 1.73. The van der Waals surface area contributed by atoms with Gasteiger partial charge in [0.15, 0.2) is 0 Å². The molecule has 0 amide bonds. The topological polar surface area (TPSA) is 41.5 Å². The number of unbranched alkanes of at least 4 members (excludes halogenated alkanes) is 3. The lowest BCUT2D eigenvalue weighted by molar-refractivity contribution is 0.184. The van der Waals surface area contributed by atoms with Crippen molar-refractivity contribution in [3.8, 4) is 0 Å². The second-order valence-corrected chi connectivity index (χ2v) is 4.41. The number of aliphatic hydroxyl groups excluding tert-OH is 1. The van der Waals surface area contributed by atoms with E-state index in [1.165, 1.54) is 25.7 Å². The van der Waals surface area contributed by atoms with Crippen LogP contribution >= 0.6 is 0 Å². The predicted molar refractivity (Wildman–Crippen MR) is 62.0 cm³/mol. The summed E-state index contributed by atoms with van der Waals surface area (Å²) < 4.78 is 5.33. The van der Waals surface area contributed by atoms with Crippen LogP contribution in [0.25, 0.3) is 0 Å². The zero-order chi connectivity index (χ0) is 10.8.